The van der Waals surface area contributed by atoms with Crippen LogP contribution in [-0.2, 0) is 11.2 Å². The number of hydrogen-bond donors (Lipinski definition) is 2. The van der Waals surface area contributed by atoms with Crippen LogP contribution in [0.2, 0.25) is 0 Å². The van der Waals surface area contributed by atoms with Crippen molar-refractivity contribution in [1.82, 2.24) is 15.8 Å². The minimum absolute atomic E-state index is 0.0380. The fraction of sp³-hybridized carbons (Fsp3) is 0.333. The van der Waals surface area contributed by atoms with Crippen LogP contribution in [0.3, 0.4) is 0 Å². The molecule has 7 nitrogen and oxygen atoms in total. The lowest BCUT2D eigenvalue weighted by atomic mass is 10.1. The van der Waals surface area contributed by atoms with Crippen LogP contribution in [0.25, 0.3) is 0 Å². The molecule has 2 aromatic rings. The van der Waals surface area contributed by atoms with Gasteiger partial charge in [-0.25, -0.2) is 14.0 Å². The number of nitrogens with one attached hydrogen (secondary N) is 1. The second kappa shape index (κ2) is 7.18. The van der Waals surface area contributed by atoms with Crippen LogP contribution < -0.4 is 5.48 Å². The van der Waals surface area contributed by atoms with Crippen molar-refractivity contribution >= 4 is 33.2 Å². The predicted molar refractivity (Wildman–Crippen MR) is 85.6 cm³/mol. The van der Waals surface area contributed by atoms with E-state index in [2.05, 4.69) is 35.9 Å². The van der Waals surface area contributed by atoms with Crippen molar-refractivity contribution in [3.8, 4) is 0 Å². The highest BCUT2D eigenvalue weighted by molar-refractivity contribution is 9.10. The molecule has 3 rings (SSSR count). The lowest BCUT2D eigenvalue weighted by Crippen LogP contribution is -2.22. The summed E-state index contributed by atoms with van der Waals surface area (Å²) < 4.78 is 18.2. The standard InChI is InChI=1S/C15H14BrFN4O3/c16-11-6-9(3-4-12(11)17)18-15(19-23)14-13(20-24-21-14)7-10(22)5-8-1-2-8/h3-4,6,8,23H,1-2,5,7H2,(H,18,19). The molecule has 9 heteroatoms. The van der Waals surface area contributed by atoms with E-state index in [0.29, 0.717) is 23.7 Å². The van der Waals surface area contributed by atoms with Crippen LogP contribution in [0.4, 0.5) is 10.1 Å². The number of rotatable bonds is 6. The van der Waals surface area contributed by atoms with Crippen molar-refractivity contribution in [2.75, 3.05) is 0 Å². The number of Topliss-reactive ketones (excluding diaryl/α,β-unsaturated/α-hetero) is 1. The van der Waals surface area contributed by atoms with Crippen LogP contribution in [0.15, 0.2) is 32.3 Å². The van der Waals surface area contributed by atoms with E-state index in [1.807, 2.05) is 5.48 Å². The van der Waals surface area contributed by atoms with Gasteiger partial charge in [-0.1, -0.05) is 5.16 Å². The molecule has 24 heavy (non-hydrogen) atoms. The zero-order valence-electron chi connectivity index (χ0n) is 12.5. The smallest absolute Gasteiger partial charge is 0.182 e. The molecule has 126 valence electrons. The van der Waals surface area contributed by atoms with E-state index in [4.69, 9.17) is 0 Å². The molecule has 0 atom stereocenters. The summed E-state index contributed by atoms with van der Waals surface area (Å²) in [5.74, 6) is 0.0450. The van der Waals surface area contributed by atoms with Crippen LogP contribution >= 0.6 is 15.9 Å². The second-order valence-corrected chi connectivity index (χ2v) is 6.45. The number of benzene rings is 1. The number of carbonyl (C=O) groups is 1. The van der Waals surface area contributed by atoms with Gasteiger partial charge in [-0.05, 0) is 58.0 Å². The highest BCUT2D eigenvalue weighted by Crippen LogP contribution is 2.32. The Morgan fingerprint density at radius 3 is 2.92 bits per heavy atom. The molecule has 0 spiro atoms. The highest BCUT2D eigenvalue weighted by Gasteiger charge is 2.26. The van der Waals surface area contributed by atoms with E-state index >= 15 is 0 Å². The first kappa shape index (κ1) is 16.7. The molecule has 0 unspecified atom stereocenters. The SMILES string of the molecule is O=C(Cc1nonc1C(=Nc1ccc(F)c(Br)c1)NO)CC1CC1. The quantitative estimate of drug-likeness (QED) is 0.442. The minimum atomic E-state index is -0.429. The van der Waals surface area contributed by atoms with Crippen molar-refractivity contribution < 1.29 is 19.0 Å². The molecular weight excluding hydrogens is 383 g/mol. The van der Waals surface area contributed by atoms with Gasteiger partial charge in [0.1, 0.15) is 17.3 Å². The van der Waals surface area contributed by atoms with E-state index in [1.165, 1.54) is 18.2 Å². The summed E-state index contributed by atoms with van der Waals surface area (Å²) in [5.41, 5.74) is 2.73. The number of amidine groups is 1. The molecule has 2 N–H and O–H groups in total. The lowest BCUT2D eigenvalue weighted by molar-refractivity contribution is -0.118. The van der Waals surface area contributed by atoms with E-state index in [9.17, 15) is 14.4 Å². The Morgan fingerprint density at radius 1 is 1.46 bits per heavy atom. The van der Waals surface area contributed by atoms with Crippen molar-refractivity contribution in [2.45, 2.75) is 25.7 Å². The third-order valence-electron chi connectivity index (χ3n) is 3.61. The molecule has 1 aromatic heterocycles. The van der Waals surface area contributed by atoms with Crippen LogP contribution in [-0.4, -0.2) is 27.1 Å². The minimum Gasteiger partial charge on any atom is -0.299 e. The van der Waals surface area contributed by atoms with Crippen molar-refractivity contribution in [3.05, 3.63) is 39.9 Å². The summed E-state index contributed by atoms with van der Waals surface area (Å²) in [6, 6.07) is 4.11. The van der Waals surface area contributed by atoms with Gasteiger partial charge >= 0.3 is 0 Å². The molecule has 1 aromatic carbocycles. The lowest BCUT2D eigenvalue weighted by Gasteiger charge is -2.04. The predicted octanol–water partition coefficient (Wildman–Crippen LogP) is 2.94. The molecule has 0 aliphatic heterocycles. The van der Waals surface area contributed by atoms with E-state index in [0.717, 1.165) is 12.8 Å². The average molecular weight is 397 g/mol. The molecule has 0 amide bonds. The molecule has 1 heterocycles. The summed E-state index contributed by atoms with van der Waals surface area (Å²) in [7, 11) is 0. The van der Waals surface area contributed by atoms with Gasteiger partial charge in [0.15, 0.2) is 11.5 Å². The Balaban J connectivity index is 1.82. The summed E-state index contributed by atoms with van der Waals surface area (Å²) in [6.07, 6.45) is 2.74. The Labute approximate surface area is 145 Å². The number of halogens is 2. The number of aromatic nitrogens is 2. The average Bonchev–Trinajstić information content (AvgIpc) is 3.25. The third kappa shape index (κ3) is 4.04. The molecule has 1 saturated carbocycles. The fourth-order valence-corrected chi connectivity index (χ4v) is 2.59. The van der Waals surface area contributed by atoms with Crippen molar-refractivity contribution in [2.24, 2.45) is 10.9 Å². The first-order valence-corrected chi connectivity index (χ1v) is 8.13. The van der Waals surface area contributed by atoms with Crippen molar-refractivity contribution in [3.63, 3.8) is 0 Å². The fourth-order valence-electron chi connectivity index (χ4n) is 2.22. The summed E-state index contributed by atoms with van der Waals surface area (Å²) in [5, 5.41) is 16.7. The number of ketones is 1. The molecule has 0 bridgehead atoms. The largest absolute Gasteiger partial charge is 0.299 e. The molecular formula is C15H14BrFN4O3. The van der Waals surface area contributed by atoms with Crippen LogP contribution in [0.1, 0.15) is 30.7 Å². The number of hydroxylamine groups is 1. The van der Waals surface area contributed by atoms with Gasteiger partial charge in [0.25, 0.3) is 0 Å². The molecule has 1 aliphatic rings. The maximum Gasteiger partial charge on any atom is 0.182 e. The van der Waals surface area contributed by atoms with Gasteiger partial charge in [-0.3, -0.25) is 15.5 Å². The Bertz CT molecular complexity index is 789. The Kier molecular flexibility index (Phi) is 5.00. The summed E-state index contributed by atoms with van der Waals surface area (Å²) >= 11 is 3.06. The van der Waals surface area contributed by atoms with E-state index < -0.39 is 5.82 Å². The zero-order chi connectivity index (χ0) is 17.1. The van der Waals surface area contributed by atoms with Gasteiger partial charge in [-0.15, -0.1) is 0 Å². The second-order valence-electron chi connectivity index (χ2n) is 5.59. The molecule has 0 saturated heterocycles. The summed E-state index contributed by atoms with van der Waals surface area (Å²) in [4.78, 5) is 16.1. The Morgan fingerprint density at radius 2 is 2.25 bits per heavy atom. The van der Waals surface area contributed by atoms with Gasteiger partial charge in [0.05, 0.1) is 16.6 Å². The van der Waals surface area contributed by atoms with E-state index in [1.54, 1.807) is 0 Å². The first-order chi connectivity index (χ1) is 11.6. The van der Waals surface area contributed by atoms with Gasteiger partial charge < -0.3 is 0 Å². The molecule has 1 aliphatic carbocycles. The highest BCUT2D eigenvalue weighted by atomic mass is 79.9. The number of carbonyl (C=O) groups excluding carboxylic acids is 1. The summed E-state index contributed by atoms with van der Waals surface area (Å²) in [6.45, 7) is 0. The van der Waals surface area contributed by atoms with Gasteiger partial charge in [0, 0.05) is 6.42 Å². The number of aliphatic imine (C=N–C) groups is 1. The van der Waals surface area contributed by atoms with Crippen molar-refractivity contribution in [1.29, 1.82) is 0 Å². The van der Waals surface area contributed by atoms with Crippen LogP contribution in [0, 0.1) is 11.7 Å². The molecule has 0 radical (unpaired) electrons. The van der Waals surface area contributed by atoms with Gasteiger partial charge in [0.2, 0.25) is 0 Å². The maximum atomic E-state index is 13.3. The van der Waals surface area contributed by atoms with E-state index in [-0.39, 0.29) is 28.2 Å². The first-order valence-electron chi connectivity index (χ1n) is 7.34. The van der Waals surface area contributed by atoms with Gasteiger partial charge in [-0.2, -0.15) is 0 Å². The Hall–Kier alpha value is -2.13. The number of nitrogens with zero attached hydrogens (tertiary/aromatic N) is 3. The zero-order valence-corrected chi connectivity index (χ0v) is 14.1. The maximum absolute atomic E-state index is 13.3. The molecule has 1 fully saturated rings. The monoisotopic (exact) mass is 396 g/mol. The number of hydrogen-bond acceptors (Lipinski definition) is 6. The normalized spacial score (nSPS) is 14.7. The topological polar surface area (TPSA) is 101 Å². The van der Waals surface area contributed by atoms with Crippen LogP contribution in [0.5, 0.6) is 0 Å². The third-order valence-corrected chi connectivity index (χ3v) is 4.22.